The number of nitrogens with one attached hydrogen (secondary N) is 1. The molecule has 1 saturated heterocycles. The summed E-state index contributed by atoms with van der Waals surface area (Å²) in [4.78, 5) is 29.1. The minimum absolute atomic E-state index is 0.0458. The molecule has 1 saturated carbocycles. The van der Waals surface area contributed by atoms with Crippen LogP contribution in [0.1, 0.15) is 45.6 Å². The van der Waals surface area contributed by atoms with Crippen molar-refractivity contribution in [3.8, 4) is 0 Å². The van der Waals surface area contributed by atoms with E-state index in [-0.39, 0.29) is 17.2 Å². The second-order valence-corrected chi connectivity index (χ2v) is 8.90. The maximum absolute atomic E-state index is 13.0. The number of benzene rings is 1. The van der Waals surface area contributed by atoms with Crippen molar-refractivity contribution in [2.24, 2.45) is 11.8 Å². The molecule has 0 aromatic heterocycles. The topological polar surface area (TPSA) is 72.9 Å². The van der Waals surface area contributed by atoms with Gasteiger partial charge in [0.05, 0.1) is 5.92 Å². The largest absolute Gasteiger partial charge is 0.368 e. The molecule has 0 unspecified atom stereocenters. The Morgan fingerprint density at radius 2 is 1.68 bits per heavy atom. The van der Waals surface area contributed by atoms with Gasteiger partial charge in [0.15, 0.2) is 0 Å². The molecule has 28 heavy (non-hydrogen) atoms. The molecule has 153 valence electrons. The first-order chi connectivity index (χ1) is 13.3. The summed E-state index contributed by atoms with van der Waals surface area (Å²) < 4.78 is 0. The molecule has 1 aromatic carbocycles. The molecule has 2 fully saturated rings. The molecule has 2 amide bonds. The molecule has 3 rings (SSSR count). The molecular weight excluding hydrogens is 354 g/mol. The third-order valence-corrected chi connectivity index (χ3v) is 6.04. The first kappa shape index (κ1) is 20.6. The molecule has 6 heteroatoms. The average molecular weight is 387 g/mol. The highest BCUT2D eigenvalue weighted by atomic mass is 16.5. The fourth-order valence-electron chi connectivity index (χ4n) is 4.22. The summed E-state index contributed by atoms with van der Waals surface area (Å²) in [7, 11) is 0. The molecule has 2 atom stereocenters. The van der Waals surface area contributed by atoms with Crippen LogP contribution in [-0.4, -0.2) is 48.1 Å². The van der Waals surface area contributed by atoms with Crippen molar-refractivity contribution in [3.63, 3.8) is 0 Å². The van der Waals surface area contributed by atoms with Crippen molar-refractivity contribution >= 4 is 17.5 Å². The van der Waals surface area contributed by atoms with Gasteiger partial charge in [0.2, 0.25) is 11.8 Å². The highest BCUT2D eigenvalue weighted by molar-refractivity contribution is 5.87. The van der Waals surface area contributed by atoms with Crippen LogP contribution in [0.5, 0.6) is 0 Å². The molecule has 2 N–H and O–H groups in total. The number of piperazine rings is 1. The number of hydrogen-bond acceptors (Lipinski definition) is 4. The lowest BCUT2D eigenvalue weighted by atomic mass is 9.78. The lowest BCUT2D eigenvalue weighted by Crippen LogP contribution is -2.52. The van der Waals surface area contributed by atoms with Crippen LogP contribution < -0.4 is 10.4 Å². The van der Waals surface area contributed by atoms with Gasteiger partial charge < -0.3 is 9.80 Å². The summed E-state index contributed by atoms with van der Waals surface area (Å²) in [5, 5.41) is 8.98. The van der Waals surface area contributed by atoms with Gasteiger partial charge in [-0.05, 0) is 48.8 Å². The summed E-state index contributed by atoms with van der Waals surface area (Å²) in [6.07, 6.45) is 4.09. The first-order valence-electron chi connectivity index (χ1n) is 10.2. The molecule has 1 aliphatic heterocycles. The Bertz CT molecular complexity index is 688. The minimum atomic E-state index is -0.464. The molecule has 0 spiro atoms. The number of carbonyl (C=O) groups excluding carboxylic acids is 2. The number of carbonyl (C=O) groups is 2. The third-order valence-electron chi connectivity index (χ3n) is 6.04. The standard InChI is InChI=1S/C22H32N3O3/c1-22(2,3)16-8-10-17(11-9-16)24-12-14-25(15-13-24)21(27)19-7-5-4-6-18(19)20(26)23-28/h4,8-11,18-19,28H,5-7,12-15H2,1-3H3,(H,23,26)/t18-,19-/m0/s1. The van der Waals surface area contributed by atoms with Crippen molar-refractivity contribution in [2.45, 2.75) is 45.4 Å². The van der Waals surface area contributed by atoms with Gasteiger partial charge in [-0.25, -0.2) is 5.48 Å². The van der Waals surface area contributed by atoms with Crippen LogP contribution in [-0.2, 0) is 15.0 Å². The van der Waals surface area contributed by atoms with Crippen molar-refractivity contribution < 1.29 is 14.8 Å². The minimum Gasteiger partial charge on any atom is -0.368 e. The van der Waals surface area contributed by atoms with Gasteiger partial charge in [0, 0.05) is 37.8 Å². The van der Waals surface area contributed by atoms with Crippen LogP contribution in [0, 0.1) is 18.3 Å². The summed E-state index contributed by atoms with van der Waals surface area (Å²) in [6, 6.07) is 8.69. The average Bonchev–Trinajstić information content (AvgIpc) is 2.72. The fraction of sp³-hybridized carbons (Fsp3) is 0.591. The summed E-state index contributed by atoms with van der Waals surface area (Å²) >= 11 is 0. The van der Waals surface area contributed by atoms with E-state index in [9.17, 15) is 9.59 Å². The monoisotopic (exact) mass is 386 g/mol. The molecule has 1 aliphatic carbocycles. The van der Waals surface area contributed by atoms with E-state index in [4.69, 9.17) is 5.21 Å². The predicted molar refractivity (Wildman–Crippen MR) is 109 cm³/mol. The molecule has 1 radical (unpaired) electrons. The highest BCUT2D eigenvalue weighted by Gasteiger charge is 2.38. The number of amides is 2. The Morgan fingerprint density at radius 3 is 2.25 bits per heavy atom. The number of hydroxylamine groups is 1. The van der Waals surface area contributed by atoms with Crippen molar-refractivity contribution in [3.05, 3.63) is 36.2 Å². The second kappa shape index (κ2) is 8.52. The summed E-state index contributed by atoms with van der Waals surface area (Å²) in [6.45, 7) is 9.52. The maximum atomic E-state index is 13.0. The second-order valence-electron chi connectivity index (χ2n) is 8.90. The van der Waals surface area contributed by atoms with Gasteiger partial charge in [0.25, 0.3) is 0 Å². The molecular formula is C22H32N3O3. The fourth-order valence-corrected chi connectivity index (χ4v) is 4.22. The zero-order valence-electron chi connectivity index (χ0n) is 17.1. The van der Waals surface area contributed by atoms with Crippen LogP contribution in [0.3, 0.4) is 0 Å². The molecule has 1 aromatic rings. The first-order valence-corrected chi connectivity index (χ1v) is 10.2. The molecule has 6 nitrogen and oxygen atoms in total. The highest BCUT2D eigenvalue weighted by Crippen LogP contribution is 2.32. The van der Waals surface area contributed by atoms with E-state index in [0.29, 0.717) is 25.9 Å². The van der Waals surface area contributed by atoms with Crippen molar-refractivity contribution in [2.75, 3.05) is 31.1 Å². The smallest absolute Gasteiger partial charge is 0.247 e. The number of rotatable bonds is 3. The third kappa shape index (κ3) is 4.49. The quantitative estimate of drug-likeness (QED) is 0.619. The van der Waals surface area contributed by atoms with Crippen molar-refractivity contribution in [1.82, 2.24) is 10.4 Å². The number of nitrogens with zero attached hydrogens (tertiary/aromatic N) is 2. The van der Waals surface area contributed by atoms with Gasteiger partial charge >= 0.3 is 0 Å². The maximum Gasteiger partial charge on any atom is 0.247 e. The summed E-state index contributed by atoms with van der Waals surface area (Å²) in [5.41, 5.74) is 4.36. The Morgan fingerprint density at radius 1 is 1.04 bits per heavy atom. The zero-order valence-corrected chi connectivity index (χ0v) is 17.1. The molecule has 2 aliphatic rings. The van der Waals surface area contributed by atoms with E-state index in [1.54, 1.807) is 5.48 Å². The van der Waals surface area contributed by atoms with Crippen molar-refractivity contribution in [1.29, 1.82) is 0 Å². The van der Waals surface area contributed by atoms with Gasteiger partial charge in [-0.2, -0.15) is 0 Å². The van der Waals surface area contributed by atoms with Gasteiger partial charge in [0.1, 0.15) is 0 Å². The Kier molecular flexibility index (Phi) is 6.28. The Balaban J connectivity index is 1.60. The van der Waals surface area contributed by atoms with E-state index >= 15 is 0 Å². The van der Waals surface area contributed by atoms with E-state index in [1.807, 2.05) is 11.3 Å². The van der Waals surface area contributed by atoms with E-state index in [2.05, 4.69) is 49.9 Å². The SMILES string of the molecule is CC(C)(C)c1ccc(N2CCN(C(=O)[C@H]3CC[CH]C[C@@H]3C(=O)NO)CC2)cc1. The van der Waals surface area contributed by atoms with Gasteiger partial charge in [-0.3, -0.25) is 14.8 Å². The Labute approximate surface area is 167 Å². The van der Waals surface area contributed by atoms with E-state index in [1.165, 1.54) is 11.3 Å². The lowest BCUT2D eigenvalue weighted by Gasteiger charge is -2.39. The normalized spacial score (nSPS) is 23.4. The predicted octanol–water partition coefficient (Wildman–Crippen LogP) is 2.76. The molecule has 0 bridgehead atoms. The van der Waals surface area contributed by atoms with Crippen LogP contribution in [0.25, 0.3) is 0 Å². The van der Waals surface area contributed by atoms with Crippen LogP contribution in [0.4, 0.5) is 5.69 Å². The van der Waals surface area contributed by atoms with Crippen LogP contribution in [0.15, 0.2) is 24.3 Å². The number of hydrogen-bond donors (Lipinski definition) is 2. The lowest BCUT2D eigenvalue weighted by molar-refractivity contribution is -0.146. The van der Waals surface area contributed by atoms with E-state index < -0.39 is 11.8 Å². The summed E-state index contributed by atoms with van der Waals surface area (Å²) in [5.74, 6) is -1.21. The van der Waals surface area contributed by atoms with Gasteiger partial charge in [-0.15, -0.1) is 0 Å². The zero-order chi connectivity index (χ0) is 20.3. The molecule has 1 heterocycles. The number of anilines is 1. The van der Waals surface area contributed by atoms with Crippen LogP contribution >= 0.6 is 0 Å². The Hall–Kier alpha value is -2.08. The van der Waals surface area contributed by atoms with Crippen LogP contribution in [0.2, 0.25) is 0 Å². The van der Waals surface area contributed by atoms with E-state index in [0.717, 1.165) is 19.5 Å². The van der Waals surface area contributed by atoms with Gasteiger partial charge in [-0.1, -0.05) is 32.9 Å².